The van der Waals surface area contributed by atoms with E-state index in [1.165, 1.54) is 18.2 Å². The van der Waals surface area contributed by atoms with Crippen molar-refractivity contribution in [2.45, 2.75) is 13.5 Å². The number of amides is 1. The van der Waals surface area contributed by atoms with Gasteiger partial charge >= 0.3 is 0 Å². The first-order chi connectivity index (χ1) is 9.88. The van der Waals surface area contributed by atoms with Gasteiger partial charge in [0.05, 0.1) is 0 Å². The molecule has 0 aliphatic heterocycles. The molecule has 0 bridgehead atoms. The molecule has 2 aromatic carbocycles. The van der Waals surface area contributed by atoms with Gasteiger partial charge in [-0.2, -0.15) is 0 Å². The monoisotopic (exact) mass is 290 g/mol. The van der Waals surface area contributed by atoms with Crippen LogP contribution in [0.15, 0.2) is 30.3 Å². The van der Waals surface area contributed by atoms with E-state index in [4.69, 9.17) is 5.73 Å². The predicted octanol–water partition coefficient (Wildman–Crippen LogP) is 2.26. The highest BCUT2D eigenvalue weighted by Crippen LogP contribution is 2.25. The first-order valence-corrected chi connectivity index (χ1v) is 6.23. The van der Waals surface area contributed by atoms with E-state index in [1.807, 2.05) is 0 Å². The zero-order valence-corrected chi connectivity index (χ0v) is 11.4. The number of hydrogen-bond acceptors (Lipinski definition) is 4. The molecule has 0 atom stereocenters. The van der Waals surface area contributed by atoms with E-state index in [9.17, 15) is 19.4 Å². The standard InChI is InChI=1S/C15H15FN2O3/c1-8-12(16)4-10(15(17)21)5-13(8)18-7-9-2-3-11(19)6-14(9)20/h2-6,18-20H,7H2,1H3,(H2,17,21). The number of halogens is 1. The lowest BCUT2D eigenvalue weighted by atomic mass is 10.1. The van der Waals surface area contributed by atoms with Crippen LogP contribution in [0.5, 0.6) is 11.5 Å². The Morgan fingerprint density at radius 2 is 2.00 bits per heavy atom. The van der Waals surface area contributed by atoms with Crippen molar-refractivity contribution in [3.8, 4) is 11.5 Å². The van der Waals surface area contributed by atoms with E-state index in [0.717, 1.165) is 6.07 Å². The summed E-state index contributed by atoms with van der Waals surface area (Å²) in [5, 5.41) is 21.8. The Hall–Kier alpha value is -2.76. The lowest BCUT2D eigenvalue weighted by molar-refractivity contribution is 0.1000. The van der Waals surface area contributed by atoms with Crippen molar-refractivity contribution in [3.63, 3.8) is 0 Å². The molecule has 0 spiro atoms. The summed E-state index contributed by atoms with van der Waals surface area (Å²) in [5.74, 6) is -1.38. The topological polar surface area (TPSA) is 95.6 Å². The summed E-state index contributed by atoms with van der Waals surface area (Å²) in [5.41, 5.74) is 6.50. The Kier molecular flexibility index (Phi) is 3.98. The van der Waals surface area contributed by atoms with Gasteiger partial charge in [-0.15, -0.1) is 0 Å². The molecule has 0 fully saturated rings. The van der Waals surface area contributed by atoms with Gasteiger partial charge in [-0.3, -0.25) is 4.79 Å². The Labute approximate surface area is 120 Å². The Bertz CT molecular complexity index is 702. The van der Waals surface area contributed by atoms with Gasteiger partial charge in [0.2, 0.25) is 5.91 Å². The molecule has 0 saturated carbocycles. The van der Waals surface area contributed by atoms with E-state index < -0.39 is 11.7 Å². The van der Waals surface area contributed by atoms with Crippen LogP contribution in [0.25, 0.3) is 0 Å². The zero-order chi connectivity index (χ0) is 15.6. The second-order valence-electron chi connectivity index (χ2n) is 4.66. The maximum absolute atomic E-state index is 13.7. The lowest BCUT2D eigenvalue weighted by Crippen LogP contribution is -2.13. The quantitative estimate of drug-likeness (QED) is 0.694. The van der Waals surface area contributed by atoms with Gasteiger partial charge < -0.3 is 21.3 Å². The number of nitrogens with one attached hydrogen (secondary N) is 1. The predicted molar refractivity (Wildman–Crippen MR) is 76.8 cm³/mol. The van der Waals surface area contributed by atoms with Crippen LogP contribution >= 0.6 is 0 Å². The van der Waals surface area contributed by atoms with Gasteiger partial charge in [-0.1, -0.05) is 0 Å². The summed E-state index contributed by atoms with van der Waals surface area (Å²) in [6.07, 6.45) is 0. The second kappa shape index (κ2) is 5.70. The van der Waals surface area contributed by atoms with Crippen LogP contribution in [0.2, 0.25) is 0 Å². The molecule has 0 radical (unpaired) electrons. The third-order valence-corrected chi connectivity index (χ3v) is 3.17. The number of aromatic hydroxyl groups is 2. The van der Waals surface area contributed by atoms with E-state index >= 15 is 0 Å². The molecule has 0 aromatic heterocycles. The van der Waals surface area contributed by atoms with Crippen molar-refractivity contribution >= 4 is 11.6 Å². The highest BCUT2D eigenvalue weighted by atomic mass is 19.1. The number of phenolic OH excluding ortho intramolecular Hbond substituents is 2. The number of carbonyl (C=O) groups excluding carboxylic acids is 1. The van der Waals surface area contributed by atoms with Gasteiger partial charge in [-0.25, -0.2) is 4.39 Å². The molecule has 1 amide bonds. The van der Waals surface area contributed by atoms with Crippen LogP contribution in [0, 0.1) is 12.7 Å². The van der Waals surface area contributed by atoms with E-state index in [1.54, 1.807) is 13.0 Å². The van der Waals surface area contributed by atoms with Crippen molar-refractivity contribution in [2.24, 2.45) is 5.73 Å². The molecule has 0 aliphatic carbocycles. The van der Waals surface area contributed by atoms with Gasteiger partial charge in [0.15, 0.2) is 0 Å². The molecule has 5 nitrogen and oxygen atoms in total. The van der Waals surface area contributed by atoms with E-state index in [0.29, 0.717) is 16.8 Å². The Morgan fingerprint density at radius 3 is 2.62 bits per heavy atom. The van der Waals surface area contributed by atoms with Crippen molar-refractivity contribution in [1.29, 1.82) is 0 Å². The molecule has 0 aliphatic rings. The number of phenols is 2. The highest BCUT2D eigenvalue weighted by Gasteiger charge is 2.11. The van der Waals surface area contributed by atoms with Crippen LogP contribution in [-0.2, 0) is 6.54 Å². The van der Waals surface area contributed by atoms with Crippen LogP contribution in [0.3, 0.4) is 0 Å². The smallest absolute Gasteiger partial charge is 0.248 e. The van der Waals surface area contributed by atoms with E-state index in [-0.39, 0.29) is 23.6 Å². The zero-order valence-electron chi connectivity index (χ0n) is 11.4. The van der Waals surface area contributed by atoms with Gasteiger partial charge in [0.25, 0.3) is 0 Å². The van der Waals surface area contributed by atoms with Gasteiger partial charge in [0.1, 0.15) is 17.3 Å². The molecule has 110 valence electrons. The summed E-state index contributed by atoms with van der Waals surface area (Å²) in [6, 6.07) is 6.73. The third-order valence-electron chi connectivity index (χ3n) is 3.17. The number of anilines is 1. The fourth-order valence-corrected chi connectivity index (χ4v) is 1.90. The fourth-order valence-electron chi connectivity index (χ4n) is 1.90. The molecule has 0 heterocycles. The van der Waals surface area contributed by atoms with Gasteiger partial charge in [0, 0.05) is 35.0 Å². The number of rotatable bonds is 4. The van der Waals surface area contributed by atoms with Crippen LogP contribution in [-0.4, -0.2) is 16.1 Å². The van der Waals surface area contributed by atoms with Crippen molar-refractivity contribution in [3.05, 3.63) is 52.8 Å². The lowest BCUT2D eigenvalue weighted by Gasteiger charge is -2.12. The van der Waals surface area contributed by atoms with Crippen LogP contribution in [0.4, 0.5) is 10.1 Å². The number of carbonyl (C=O) groups is 1. The maximum atomic E-state index is 13.7. The minimum absolute atomic E-state index is 0.0470. The van der Waals surface area contributed by atoms with Crippen LogP contribution < -0.4 is 11.1 Å². The first kappa shape index (κ1) is 14.6. The molecular weight excluding hydrogens is 275 g/mol. The summed E-state index contributed by atoms with van der Waals surface area (Å²) in [6.45, 7) is 1.77. The molecule has 5 N–H and O–H groups in total. The number of nitrogens with two attached hydrogens (primary N) is 1. The largest absolute Gasteiger partial charge is 0.508 e. The molecule has 21 heavy (non-hydrogen) atoms. The SMILES string of the molecule is Cc1c(F)cc(C(N)=O)cc1NCc1ccc(O)cc1O. The highest BCUT2D eigenvalue weighted by molar-refractivity contribution is 5.94. The average molecular weight is 290 g/mol. The fraction of sp³-hybridized carbons (Fsp3) is 0.133. The molecule has 2 aromatic rings. The van der Waals surface area contributed by atoms with Crippen molar-refractivity contribution in [1.82, 2.24) is 0 Å². The minimum Gasteiger partial charge on any atom is -0.508 e. The number of primary amides is 1. The Balaban J connectivity index is 2.25. The van der Waals surface area contributed by atoms with Crippen molar-refractivity contribution in [2.75, 3.05) is 5.32 Å². The normalized spacial score (nSPS) is 10.4. The minimum atomic E-state index is -0.718. The summed E-state index contributed by atoms with van der Waals surface area (Å²) < 4.78 is 13.7. The summed E-state index contributed by atoms with van der Waals surface area (Å²) in [7, 11) is 0. The van der Waals surface area contributed by atoms with Crippen LogP contribution in [0.1, 0.15) is 21.5 Å². The third kappa shape index (κ3) is 3.22. The van der Waals surface area contributed by atoms with Crippen molar-refractivity contribution < 1.29 is 19.4 Å². The molecule has 2 rings (SSSR count). The molecule has 6 heteroatoms. The summed E-state index contributed by atoms with van der Waals surface area (Å²) in [4.78, 5) is 11.1. The maximum Gasteiger partial charge on any atom is 0.248 e. The summed E-state index contributed by atoms with van der Waals surface area (Å²) >= 11 is 0. The molecule has 0 unspecified atom stereocenters. The Morgan fingerprint density at radius 1 is 1.29 bits per heavy atom. The molecule has 0 saturated heterocycles. The number of hydrogen-bond donors (Lipinski definition) is 4. The molecular formula is C15H15FN2O3. The average Bonchev–Trinajstić information content (AvgIpc) is 2.41. The van der Waals surface area contributed by atoms with Gasteiger partial charge in [-0.05, 0) is 31.2 Å². The second-order valence-corrected chi connectivity index (χ2v) is 4.66. The number of benzene rings is 2. The first-order valence-electron chi connectivity index (χ1n) is 6.23. The van der Waals surface area contributed by atoms with E-state index in [2.05, 4.69) is 5.32 Å².